The average molecular weight is 581 g/mol. The van der Waals surface area contributed by atoms with Gasteiger partial charge in [0.1, 0.15) is 11.6 Å². The molecular formula is C27H26ClFN8O2S. The lowest BCUT2D eigenvalue weighted by Crippen LogP contribution is -2.15. The highest BCUT2D eigenvalue weighted by molar-refractivity contribution is 7.90. The number of imidazole rings is 1. The number of aromatic nitrogens is 4. The zero-order chi connectivity index (χ0) is 28.4. The summed E-state index contributed by atoms with van der Waals surface area (Å²) >= 11 is 5.41. The Morgan fingerprint density at radius 2 is 1.85 bits per heavy atom. The maximum atomic E-state index is 14.0. The summed E-state index contributed by atoms with van der Waals surface area (Å²) in [6, 6.07) is 19.1. The second-order valence-corrected chi connectivity index (χ2v) is 11.2. The fourth-order valence-electron chi connectivity index (χ4n) is 4.24. The summed E-state index contributed by atoms with van der Waals surface area (Å²) in [7, 11) is -0.0732. The van der Waals surface area contributed by atoms with E-state index in [2.05, 4.69) is 20.6 Å². The van der Waals surface area contributed by atoms with Crippen molar-refractivity contribution in [2.45, 2.75) is 18.4 Å². The first kappa shape index (κ1) is 27.3. The Labute approximate surface area is 236 Å². The summed E-state index contributed by atoms with van der Waals surface area (Å²) in [5.74, 6) is 1.24. The standard InChI is InChI=1S/C27H26ClFN8O2S/c1-17-8-9-19(14-24(17)40(38,39)35-28)32-26-30-13-12-25(34-26)36(2)20-10-11-23-22(15-20)33-27(37(23)3)31-16-18-6-4-5-7-21(18)29/h4-15,35H,16H2,1-3H3,(H,31,33)(H,30,32,34). The molecule has 0 unspecified atom stereocenters. The summed E-state index contributed by atoms with van der Waals surface area (Å²) < 4.78 is 42.2. The number of anilines is 5. The van der Waals surface area contributed by atoms with Gasteiger partial charge in [0.2, 0.25) is 11.9 Å². The van der Waals surface area contributed by atoms with Gasteiger partial charge in [-0.15, -0.1) is 4.24 Å². The van der Waals surface area contributed by atoms with Crippen LogP contribution in [-0.2, 0) is 23.6 Å². The van der Waals surface area contributed by atoms with Crippen molar-refractivity contribution in [2.75, 3.05) is 22.6 Å². The minimum atomic E-state index is -3.84. The zero-order valence-corrected chi connectivity index (χ0v) is 23.4. The first-order valence-electron chi connectivity index (χ1n) is 12.2. The zero-order valence-electron chi connectivity index (χ0n) is 21.9. The Morgan fingerprint density at radius 3 is 2.62 bits per heavy atom. The van der Waals surface area contributed by atoms with Crippen molar-refractivity contribution in [1.29, 1.82) is 0 Å². The monoisotopic (exact) mass is 580 g/mol. The van der Waals surface area contributed by atoms with E-state index in [0.29, 0.717) is 35.1 Å². The maximum Gasteiger partial charge on any atom is 0.254 e. The minimum Gasteiger partial charge on any atom is -0.351 e. The summed E-state index contributed by atoms with van der Waals surface area (Å²) in [6.45, 7) is 1.99. The van der Waals surface area contributed by atoms with E-state index >= 15 is 0 Å². The molecule has 3 aromatic carbocycles. The number of hydrogen-bond donors (Lipinski definition) is 3. The Balaban J connectivity index is 1.36. The fourth-order valence-corrected chi connectivity index (χ4v) is 5.34. The molecule has 0 amide bonds. The molecule has 0 aliphatic heterocycles. The van der Waals surface area contributed by atoms with Gasteiger partial charge in [-0.1, -0.05) is 24.3 Å². The third-order valence-electron chi connectivity index (χ3n) is 6.47. The van der Waals surface area contributed by atoms with Crippen molar-refractivity contribution in [1.82, 2.24) is 23.8 Å². The van der Waals surface area contributed by atoms with E-state index < -0.39 is 10.0 Å². The van der Waals surface area contributed by atoms with Gasteiger partial charge in [-0.05, 0) is 66.7 Å². The van der Waals surface area contributed by atoms with Gasteiger partial charge < -0.3 is 20.1 Å². The topological polar surface area (TPSA) is 117 Å². The molecule has 10 nitrogen and oxygen atoms in total. The van der Waals surface area contributed by atoms with E-state index in [1.165, 1.54) is 12.1 Å². The van der Waals surface area contributed by atoms with Crippen LogP contribution in [-0.4, -0.2) is 35.0 Å². The number of rotatable bonds is 9. The van der Waals surface area contributed by atoms with Crippen LogP contribution in [0.3, 0.4) is 0 Å². The molecule has 0 aliphatic rings. The van der Waals surface area contributed by atoms with Crippen molar-refractivity contribution in [3.8, 4) is 0 Å². The van der Waals surface area contributed by atoms with Gasteiger partial charge >= 0.3 is 0 Å². The van der Waals surface area contributed by atoms with E-state index in [1.807, 2.05) is 46.0 Å². The summed E-state index contributed by atoms with van der Waals surface area (Å²) in [4.78, 5) is 15.5. The third-order valence-corrected chi connectivity index (χ3v) is 8.30. The van der Waals surface area contributed by atoms with Gasteiger partial charge in [0.15, 0.2) is 0 Å². The second kappa shape index (κ2) is 11.1. The SMILES string of the molecule is Cc1ccc(Nc2nccc(N(C)c3ccc4c(c3)nc(NCc3ccccc3F)n4C)n2)cc1S(=O)(=O)NCl. The van der Waals surface area contributed by atoms with Crippen LogP contribution >= 0.6 is 11.8 Å². The van der Waals surface area contributed by atoms with Crippen LogP contribution in [0.25, 0.3) is 11.0 Å². The average Bonchev–Trinajstić information content (AvgIpc) is 3.27. The van der Waals surface area contributed by atoms with Crippen LogP contribution in [0.1, 0.15) is 11.1 Å². The third kappa shape index (κ3) is 5.55. The van der Waals surface area contributed by atoms with Gasteiger partial charge in [0, 0.05) is 43.8 Å². The number of nitrogens with one attached hydrogen (secondary N) is 3. The molecule has 0 atom stereocenters. The largest absolute Gasteiger partial charge is 0.351 e. The molecule has 0 saturated heterocycles. The lowest BCUT2D eigenvalue weighted by molar-refractivity contribution is 0.593. The number of sulfonamides is 1. The molecule has 0 fully saturated rings. The van der Waals surface area contributed by atoms with Crippen molar-refractivity contribution >= 4 is 61.9 Å². The molecule has 3 N–H and O–H groups in total. The summed E-state index contributed by atoms with van der Waals surface area (Å²) in [5, 5.41) is 6.26. The van der Waals surface area contributed by atoms with E-state index in [9.17, 15) is 12.8 Å². The minimum absolute atomic E-state index is 0.0483. The highest BCUT2D eigenvalue weighted by Crippen LogP contribution is 2.29. The molecule has 40 heavy (non-hydrogen) atoms. The van der Waals surface area contributed by atoms with Gasteiger partial charge in [-0.3, -0.25) is 0 Å². The molecule has 0 radical (unpaired) electrons. The second-order valence-electron chi connectivity index (χ2n) is 9.10. The van der Waals surface area contributed by atoms with E-state index in [1.54, 1.807) is 49.5 Å². The predicted octanol–water partition coefficient (Wildman–Crippen LogP) is 5.37. The van der Waals surface area contributed by atoms with Gasteiger partial charge in [0.05, 0.1) is 15.9 Å². The van der Waals surface area contributed by atoms with Gasteiger partial charge in [-0.2, -0.15) is 4.98 Å². The molecule has 5 aromatic rings. The number of fused-ring (bicyclic) bond motifs is 1. The smallest absolute Gasteiger partial charge is 0.254 e. The molecule has 0 spiro atoms. The van der Waals surface area contributed by atoms with Crippen molar-refractivity contribution in [3.05, 3.63) is 89.9 Å². The lowest BCUT2D eigenvalue weighted by atomic mass is 10.2. The molecule has 0 bridgehead atoms. The Bertz CT molecular complexity index is 1810. The van der Waals surface area contributed by atoms with Crippen molar-refractivity contribution in [2.24, 2.45) is 7.05 Å². The Morgan fingerprint density at radius 1 is 1.05 bits per heavy atom. The molecule has 13 heteroatoms. The number of aryl methyl sites for hydroxylation is 2. The Kier molecular flexibility index (Phi) is 7.57. The number of benzene rings is 3. The molecule has 2 aromatic heterocycles. The maximum absolute atomic E-state index is 14.0. The predicted molar refractivity (Wildman–Crippen MR) is 155 cm³/mol. The highest BCUT2D eigenvalue weighted by atomic mass is 35.5. The highest BCUT2D eigenvalue weighted by Gasteiger charge is 2.17. The molecule has 0 aliphatic carbocycles. The van der Waals surface area contributed by atoms with Crippen LogP contribution < -0.4 is 19.8 Å². The first-order chi connectivity index (χ1) is 19.2. The van der Waals surface area contributed by atoms with Crippen molar-refractivity contribution < 1.29 is 12.8 Å². The fraction of sp³-hybridized carbons (Fsp3) is 0.148. The number of hydrogen-bond acceptors (Lipinski definition) is 8. The Hall–Kier alpha value is -4.26. The summed E-state index contributed by atoms with van der Waals surface area (Å²) in [6.07, 6.45) is 1.61. The van der Waals surface area contributed by atoms with Crippen molar-refractivity contribution in [3.63, 3.8) is 0 Å². The first-order valence-corrected chi connectivity index (χ1v) is 14.0. The molecular weight excluding hydrogens is 555 g/mol. The number of halogens is 2. The van der Waals surface area contributed by atoms with Gasteiger partial charge in [-0.25, -0.2) is 22.8 Å². The van der Waals surface area contributed by atoms with E-state index in [0.717, 1.165) is 16.7 Å². The normalized spacial score (nSPS) is 11.5. The number of nitrogens with zero attached hydrogens (tertiary/aromatic N) is 5. The molecule has 206 valence electrons. The quantitative estimate of drug-likeness (QED) is 0.199. The lowest BCUT2D eigenvalue weighted by Gasteiger charge is -2.19. The van der Waals surface area contributed by atoms with Crippen LogP contribution in [0.4, 0.5) is 33.5 Å². The van der Waals surface area contributed by atoms with Crippen LogP contribution in [0.2, 0.25) is 0 Å². The van der Waals surface area contributed by atoms with E-state index in [-0.39, 0.29) is 16.7 Å². The molecule has 5 rings (SSSR count). The van der Waals surface area contributed by atoms with E-state index in [4.69, 9.17) is 16.8 Å². The van der Waals surface area contributed by atoms with Crippen LogP contribution in [0, 0.1) is 12.7 Å². The molecule has 0 saturated carbocycles. The van der Waals surface area contributed by atoms with Crippen LogP contribution in [0.5, 0.6) is 0 Å². The van der Waals surface area contributed by atoms with Gasteiger partial charge in [0.25, 0.3) is 10.0 Å². The van der Waals surface area contributed by atoms with Crippen LogP contribution in [0.15, 0.2) is 77.8 Å². The molecule has 2 heterocycles. The summed E-state index contributed by atoms with van der Waals surface area (Å²) in [5.41, 5.74) is 4.10.